The van der Waals surface area contributed by atoms with Crippen molar-refractivity contribution in [3.05, 3.63) is 88.1 Å². The monoisotopic (exact) mass is 1020 g/mol. The van der Waals surface area contributed by atoms with Gasteiger partial charge >= 0.3 is 0 Å². The lowest BCUT2D eigenvalue weighted by molar-refractivity contribution is -0.143. The number of rotatable bonds is 22. The maximum absolute atomic E-state index is 14.1. The van der Waals surface area contributed by atoms with Crippen molar-refractivity contribution in [2.45, 2.75) is 111 Å². The molecule has 0 radical (unpaired) electrons. The number of carbonyl (C=O) groups is 6. The van der Waals surface area contributed by atoms with E-state index in [1.165, 1.54) is 42.4 Å². The minimum absolute atomic E-state index is 0.0177. The van der Waals surface area contributed by atoms with Crippen molar-refractivity contribution in [2.24, 2.45) is 5.41 Å². The fourth-order valence-corrected chi connectivity index (χ4v) is 10.5. The first-order chi connectivity index (χ1) is 33.6. The van der Waals surface area contributed by atoms with E-state index in [1.54, 1.807) is 36.7 Å². The van der Waals surface area contributed by atoms with Crippen LogP contribution in [-0.2, 0) is 35.6 Å². The summed E-state index contributed by atoms with van der Waals surface area (Å²) in [4.78, 5) is 88.3. The third-order valence-corrected chi connectivity index (χ3v) is 14.2. The number of carbonyl (C=O) groups excluding carboxylic acids is 6. The zero-order chi connectivity index (χ0) is 51.8. The number of aromatic nitrogens is 1. The molecule has 4 atom stereocenters. The topological polar surface area (TPSA) is 240 Å². The quantitative estimate of drug-likeness (QED) is 0.0522. The number of nitrogens with one attached hydrogen (secondary N) is 3. The Morgan fingerprint density at radius 2 is 1.70 bits per heavy atom. The van der Waals surface area contributed by atoms with Crippen LogP contribution < -0.4 is 30.2 Å². The number of hydrogen-bond donors (Lipinski definition) is 4. The number of methoxy groups -OCH3 is 1. The summed E-state index contributed by atoms with van der Waals surface area (Å²) >= 11 is 1.50. The Bertz CT molecular complexity index is 2750. The van der Waals surface area contributed by atoms with Crippen molar-refractivity contribution < 1.29 is 56.5 Å². The van der Waals surface area contributed by atoms with Crippen molar-refractivity contribution in [1.82, 2.24) is 25.4 Å². The average Bonchev–Trinajstić information content (AvgIpc) is 4.00. The fraction of sp³-hybridized carbons (Fsp3) is 0.471. The Balaban J connectivity index is 1.05. The molecule has 6 rings (SSSR count). The van der Waals surface area contributed by atoms with E-state index in [0.29, 0.717) is 60.9 Å². The number of aryl methyl sites for hydroxylation is 1. The number of β-amino-alcohol motifs (C(OH)–C–C–N with tert-alkyl or cyclic N) is 1. The van der Waals surface area contributed by atoms with Crippen LogP contribution in [0.4, 0.5) is 5.69 Å². The molecule has 1 fully saturated rings. The number of anilines is 1. The smallest absolute Gasteiger partial charge is 0.264 e. The summed E-state index contributed by atoms with van der Waals surface area (Å²) in [5.74, 6) is -2.31. The summed E-state index contributed by atoms with van der Waals surface area (Å²) in [5, 5.41) is 19.0. The highest BCUT2D eigenvalue weighted by atomic mass is 32.2. The van der Waals surface area contributed by atoms with Gasteiger partial charge in [-0.3, -0.25) is 33.7 Å². The van der Waals surface area contributed by atoms with Gasteiger partial charge in [0.15, 0.2) is 11.5 Å². The number of ether oxygens (including phenoxy) is 3. The number of fused-ring (bicyclic) bond motifs is 1. The zero-order valence-electron chi connectivity index (χ0n) is 41.5. The number of aliphatic hydroxyl groups excluding tert-OH is 1. The molecular formula is C51H64N6O12S2. The Labute approximate surface area is 418 Å². The molecule has 1 saturated heterocycles. The molecule has 0 aliphatic carbocycles. The van der Waals surface area contributed by atoms with Gasteiger partial charge in [0.05, 0.1) is 71.1 Å². The summed E-state index contributed by atoms with van der Waals surface area (Å²) < 4.78 is 42.8. The summed E-state index contributed by atoms with van der Waals surface area (Å²) in [5.41, 5.74) is 4.10. The van der Waals surface area contributed by atoms with Gasteiger partial charge in [-0.25, -0.2) is 13.4 Å². The molecule has 3 aromatic carbocycles. The van der Waals surface area contributed by atoms with Crippen LogP contribution in [0.5, 0.6) is 17.2 Å². The number of benzene rings is 3. The van der Waals surface area contributed by atoms with Gasteiger partial charge in [-0.05, 0) is 73.6 Å². The van der Waals surface area contributed by atoms with Crippen LogP contribution in [0.15, 0.2) is 60.1 Å². The normalized spacial score (nSPS) is 16.6. The summed E-state index contributed by atoms with van der Waals surface area (Å²) in [7, 11) is -2.25. The Kier molecular flexibility index (Phi) is 17.7. The maximum atomic E-state index is 14.1. The first kappa shape index (κ1) is 54.0. The standard InChI is InChI=1S/C51H64N6O12S2/c1-9-68-42-23-32(20-21-40(42)67-7)39(28-71(8,65)66)57-48(62)36-15-14-16-37(44(36)49(57)63)55-43(60)17-12-10-11-13-22-69-41-24-33(45-30(2)53-29-70-45)18-19-34(41)26-52-47(61)38-25-35(59)27-56(38)50(64)46(51(4,5)6)54-31(3)58/h14-16,18-21,23-24,29,35,38-39,46,59H,9-13,17,22,25-28H2,1-8H3,(H,52,61)(H,54,58)(H,55,60)/t35?,38?,39-,46-/m1/s1. The van der Waals surface area contributed by atoms with Gasteiger partial charge in [-0.2, -0.15) is 0 Å². The second-order valence-corrected chi connectivity index (χ2v) is 22.0. The van der Waals surface area contributed by atoms with Crippen LogP contribution in [-0.4, -0.2) is 121 Å². The van der Waals surface area contributed by atoms with E-state index in [0.717, 1.165) is 33.7 Å². The van der Waals surface area contributed by atoms with Crippen molar-refractivity contribution in [3.8, 4) is 27.7 Å². The molecule has 6 amide bonds. The minimum atomic E-state index is -3.72. The predicted molar refractivity (Wildman–Crippen MR) is 268 cm³/mol. The van der Waals surface area contributed by atoms with E-state index in [-0.39, 0.29) is 54.6 Å². The van der Waals surface area contributed by atoms with Crippen LogP contribution in [0.2, 0.25) is 0 Å². The second-order valence-electron chi connectivity index (χ2n) is 18.9. The van der Waals surface area contributed by atoms with E-state index >= 15 is 0 Å². The van der Waals surface area contributed by atoms with E-state index in [1.807, 2.05) is 45.9 Å². The van der Waals surface area contributed by atoms with E-state index in [4.69, 9.17) is 14.2 Å². The van der Waals surface area contributed by atoms with E-state index in [9.17, 15) is 42.3 Å². The van der Waals surface area contributed by atoms with Crippen LogP contribution in [0, 0.1) is 12.3 Å². The molecule has 2 aliphatic rings. The Morgan fingerprint density at radius 1 is 0.958 bits per heavy atom. The van der Waals surface area contributed by atoms with E-state index in [2.05, 4.69) is 20.9 Å². The molecule has 4 N–H and O–H groups in total. The first-order valence-electron chi connectivity index (χ1n) is 23.6. The number of amides is 6. The number of likely N-dealkylation sites (tertiary alicyclic amines) is 1. The largest absolute Gasteiger partial charge is 0.493 e. The number of unbranched alkanes of at least 4 members (excludes halogenated alkanes) is 3. The molecule has 71 heavy (non-hydrogen) atoms. The van der Waals surface area contributed by atoms with Crippen molar-refractivity contribution in [1.29, 1.82) is 0 Å². The van der Waals surface area contributed by atoms with Crippen molar-refractivity contribution in [2.75, 3.05) is 44.2 Å². The second kappa shape index (κ2) is 23.2. The van der Waals surface area contributed by atoms with Crippen LogP contribution in [0.1, 0.15) is 117 Å². The van der Waals surface area contributed by atoms with E-state index < -0.39 is 68.9 Å². The molecule has 0 saturated carbocycles. The molecule has 2 unspecified atom stereocenters. The molecule has 20 heteroatoms. The summed E-state index contributed by atoms with van der Waals surface area (Å²) in [6.45, 7) is 11.1. The fourth-order valence-electron chi connectivity index (χ4n) is 8.78. The summed E-state index contributed by atoms with van der Waals surface area (Å²) in [6.07, 6.45) is 2.86. The van der Waals surface area contributed by atoms with Crippen LogP contribution in [0.3, 0.4) is 0 Å². The Hall–Kier alpha value is -6.38. The molecule has 0 spiro atoms. The highest BCUT2D eigenvalue weighted by Crippen LogP contribution is 2.39. The van der Waals surface area contributed by atoms with Gasteiger partial charge in [-0.15, -0.1) is 11.3 Å². The average molecular weight is 1020 g/mol. The molecule has 18 nitrogen and oxygen atoms in total. The number of nitrogens with zero attached hydrogens (tertiary/aromatic N) is 3. The zero-order valence-corrected chi connectivity index (χ0v) is 43.1. The number of hydrogen-bond acceptors (Lipinski definition) is 14. The van der Waals surface area contributed by atoms with Gasteiger partial charge in [0.25, 0.3) is 11.8 Å². The maximum Gasteiger partial charge on any atom is 0.264 e. The molecule has 0 bridgehead atoms. The van der Waals surface area contributed by atoms with Crippen molar-refractivity contribution in [3.63, 3.8) is 0 Å². The van der Waals surface area contributed by atoms with Gasteiger partial charge in [-0.1, -0.05) is 57.9 Å². The third-order valence-electron chi connectivity index (χ3n) is 12.3. The van der Waals surface area contributed by atoms with Crippen LogP contribution >= 0.6 is 11.3 Å². The molecule has 4 aromatic rings. The summed E-state index contributed by atoms with van der Waals surface area (Å²) in [6, 6.07) is 12.0. The molecule has 3 heterocycles. The van der Waals surface area contributed by atoms with Gasteiger partial charge in [0, 0.05) is 44.7 Å². The lowest BCUT2D eigenvalue weighted by Crippen LogP contribution is -2.57. The molecular weight excluding hydrogens is 953 g/mol. The van der Waals surface area contributed by atoms with Gasteiger partial charge in [0.1, 0.15) is 27.7 Å². The third kappa shape index (κ3) is 13.3. The number of aliphatic hydroxyl groups is 1. The predicted octanol–water partition coefficient (Wildman–Crippen LogP) is 6.00. The van der Waals surface area contributed by atoms with Gasteiger partial charge < -0.3 is 40.2 Å². The number of imide groups is 1. The SMILES string of the molecule is CCOc1cc([C@@H](CS(C)(=O)=O)N2C(=O)c3cccc(NC(=O)CCCCCCOc4cc(-c5scnc5C)ccc4CNC(=O)C4CC(O)CN4C(=O)[C@@H](NC(C)=O)C(C)(C)C)c3C2=O)ccc1OC. The highest BCUT2D eigenvalue weighted by molar-refractivity contribution is 7.90. The Morgan fingerprint density at radius 3 is 2.37 bits per heavy atom. The lowest BCUT2D eigenvalue weighted by atomic mass is 9.85. The number of thiazole rings is 1. The molecule has 382 valence electrons. The highest BCUT2D eigenvalue weighted by Gasteiger charge is 2.45. The molecule has 1 aromatic heterocycles. The lowest BCUT2D eigenvalue weighted by Gasteiger charge is -2.35. The minimum Gasteiger partial charge on any atom is -0.493 e. The molecule has 2 aliphatic heterocycles. The van der Waals surface area contributed by atoms with Crippen molar-refractivity contribution >= 4 is 62.3 Å². The first-order valence-corrected chi connectivity index (χ1v) is 26.5. The van der Waals surface area contributed by atoms with Crippen LogP contribution in [0.25, 0.3) is 10.4 Å². The number of sulfone groups is 1. The van der Waals surface area contributed by atoms with Gasteiger partial charge in [0.2, 0.25) is 23.6 Å².